The molecular formula is C18H21BrN2OS. The summed E-state index contributed by atoms with van der Waals surface area (Å²) in [4.78, 5) is 17.0. The molecule has 0 unspecified atom stereocenters. The highest BCUT2D eigenvalue weighted by Crippen LogP contribution is 2.22. The van der Waals surface area contributed by atoms with Crippen LogP contribution in [0.1, 0.15) is 27.9 Å². The highest BCUT2D eigenvalue weighted by molar-refractivity contribution is 9.11. The Morgan fingerprint density at radius 1 is 1.17 bits per heavy atom. The second-order valence-corrected chi connectivity index (χ2v) is 8.34. The predicted octanol–water partition coefficient (Wildman–Crippen LogP) is 4.17. The average molecular weight is 393 g/mol. The molecule has 3 nitrogen and oxygen atoms in total. The lowest BCUT2D eigenvalue weighted by Crippen LogP contribution is -2.34. The number of aryl methyl sites for hydroxylation is 1. The van der Waals surface area contributed by atoms with Gasteiger partial charge in [0.15, 0.2) is 0 Å². The van der Waals surface area contributed by atoms with Crippen LogP contribution in [-0.4, -0.2) is 41.9 Å². The van der Waals surface area contributed by atoms with E-state index in [9.17, 15) is 4.79 Å². The van der Waals surface area contributed by atoms with Crippen LogP contribution in [0.3, 0.4) is 0 Å². The standard InChI is InChI=1S/C18H21BrN2OS/c1-14-3-5-15(6-4-14)12-20-7-2-8-21(10-9-20)18(22)16-11-17(19)23-13-16/h3-6,11,13H,2,7-10,12H2,1H3. The molecule has 0 aliphatic carbocycles. The van der Waals surface area contributed by atoms with Gasteiger partial charge >= 0.3 is 0 Å². The van der Waals surface area contributed by atoms with E-state index >= 15 is 0 Å². The Bertz CT molecular complexity index is 668. The molecule has 1 saturated heterocycles. The second kappa shape index (κ2) is 7.60. The minimum atomic E-state index is 0.157. The molecule has 0 radical (unpaired) electrons. The van der Waals surface area contributed by atoms with Crippen molar-refractivity contribution in [1.29, 1.82) is 0 Å². The number of carbonyl (C=O) groups excluding carboxylic acids is 1. The fourth-order valence-corrected chi connectivity index (χ4v) is 4.02. The molecule has 1 amide bonds. The molecule has 1 aromatic carbocycles. The monoisotopic (exact) mass is 392 g/mol. The van der Waals surface area contributed by atoms with Gasteiger partial charge in [-0.1, -0.05) is 29.8 Å². The van der Waals surface area contributed by atoms with Gasteiger partial charge in [0.05, 0.1) is 9.35 Å². The molecule has 0 bridgehead atoms. The fourth-order valence-electron chi connectivity index (χ4n) is 2.89. The number of hydrogen-bond donors (Lipinski definition) is 0. The normalized spacial score (nSPS) is 16.3. The number of benzene rings is 1. The summed E-state index contributed by atoms with van der Waals surface area (Å²) in [6.45, 7) is 6.71. The number of carbonyl (C=O) groups is 1. The molecule has 1 aromatic heterocycles. The lowest BCUT2D eigenvalue weighted by Gasteiger charge is -2.22. The van der Waals surface area contributed by atoms with Gasteiger partial charge in [0.25, 0.3) is 5.91 Å². The van der Waals surface area contributed by atoms with E-state index in [1.807, 2.05) is 16.3 Å². The first-order chi connectivity index (χ1) is 11.1. The summed E-state index contributed by atoms with van der Waals surface area (Å²) in [5.74, 6) is 0.157. The van der Waals surface area contributed by atoms with Gasteiger partial charge in [-0.05, 0) is 40.9 Å². The summed E-state index contributed by atoms with van der Waals surface area (Å²) in [6.07, 6.45) is 1.03. The molecule has 0 atom stereocenters. The third kappa shape index (κ3) is 4.43. The van der Waals surface area contributed by atoms with Crippen molar-refractivity contribution < 1.29 is 4.79 Å². The molecule has 1 aliphatic heterocycles. The third-order valence-corrected chi connectivity index (χ3v) is 5.72. The summed E-state index contributed by atoms with van der Waals surface area (Å²) >= 11 is 5.00. The van der Waals surface area contributed by atoms with E-state index in [2.05, 4.69) is 52.0 Å². The maximum absolute atomic E-state index is 12.6. The lowest BCUT2D eigenvalue weighted by atomic mass is 10.1. The molecule has 3 rings (SSSR count). The summed E-state index contributed by atoms with van der Waals surface area (Å²) in [5, 5.41) is 1.93. The van der Waals surface area contributed by atoms with E-state index in [0.29, 0.717) is 0 Å². The maximum Gasteiger partial charge on any atom is 0.254 e. The highest BCUT2D eigenvalue weighted by Gasteiger charge is 2.21. The van der Waals surface area contributed by atoms with Crippen molar-refractivity contribution in [3.8, 4) is 0 Å². The Balaban J connectivity index is 1.58. The van der Waals surface area contributed by atoms with Crippen LogP contribution in [0.25, 0.3) is 0 Å². The van der Waals surface area contributed by atoms with Gasteiger partial charge in [-0.25, -0.2) is 0 Å². The smallest absolute Gasteiger partial charge is 0.254 e. The zero-order valence-electron chi connectivity index (χ0n) is 13.3. The Morgan fingerprint density at radius 2 is 1.96 bits per heavy atom. The molecule has 1 aliphatic rings. The summed E-state index contributed by atoms with van der Waals surface area (Å²) in [5.41, 5.74) is 3.44. The number of amides is 1. The Morgan fingerprint density at radius 3 is 2.65 bits per heavy atom. The molecule has 122 valence electrons. The second-order valence-electron chi connectivity index (χ2n) is 6.05. The number of thiophene rings is 1. The Hall–Kier alpha value is -1.17. The van der Waals surface area contributed by atoms with Crippen molar-refractivity contribution in [3.63, 3.8) is 0 Å². The van der Waals surface area contributed by atoms with Crippen LogP contribution in [0.5, 0.6) is 0 Å². The van der Waals surface area contributed by atoms with Crippen molar-refractivity contribution in [2.24, 2.45) is 0 Å². The van der Waals surface area contributed by atoms with Crippen LogP contribution in [-0.2, 0) is 6.54 Å². The minimum Gasteiger partial charge on any atom is -0.337 e. The first-order valence-electron chi connectivity index (χ1n) is 7.93. The van der Waals surface area contributed by atoms with Gasteiger partial charge in [-0.15, -0.1) is 11.3 Å². The summed E-state index contributed by atoms with van der Waals surface area (Å²) in [7, 11) is 0. The first-order valence-corrected chi connectivity index (χ1v) is 9.60. The van der Waals surface area contributed by atoms with E-state index < -0.39 is 0 Å². The van der Waals surface area contributed by atoms with Gasteiger partial charge in [-0.2, -0.15) is 0 Å². The first kappa shape index (κ1) is 16.7. The van der Waals surface area contributed by atoms with Crippen LogP contribution in [0.4, 0.5) is 0 Å². The third-order valence-electron chi connectivity index (χ3n) is 4.22. The minimum absolute atomic E-state index is 0.157. The average Bonchev–Trinajstić information content (AvgIpc) is 2.84. The molecule has 0 saturated carbocycles. The van der Waals surface area contributed by atoms with E-state index in [-0.39, 0.29) is 5.91 Å². The molecule has 2 aromatic rings. The van der Waals surface area contributed by atoms with Gasteiger partial charge in [0.1, 0.15) is 0 Å². The molecule has 0 N–H and O–H groups in total. The molecule has 2 heterocycles. The van der Waals surface area contributed by atoms with Crippen LogP contribution in [0.15, 0.2) is 39.5 Å². The Kier molecular flexibility index (Phi) is 5.51. The molecule has 1 fully saturated rings. The lowest BCUT2D eigenvalue weighted by molar-refractivity contribution is 0.0761. The molecule has 23 heavy (non-hydrogen) atoms. The van der Waals surface area contributed by atoms with Crippen LogP contribution in [0.2, 0.25) is 0 Å². The van der Waals surface area contributed by atoms with Crippen molar-refractivity contribution in [2.45, 2.75) is 19.9 Å². The van der Waals surface area contributed by atoms with Crippen molar-refractivity contribution in [2.75, 3.05) is 26.2 Å². The highest BCUT2D eigenvalue weighted by atomic mass is 79.9. The van der Waals surface area contributed by atoms with Gasteiger partial charge < -0.3 is 4.90 Å². The van der Waals surface area contributed by atoms with Gasteiger partial charge in [-0.3, -0.25) is 9.69 Å². The topological polar surface area (TPSA) is 23.6 Å². The van der Waals surface area contributed by atoms with Gasteiger partial charge in [0, 0.05) is 38.1 Å². The quantitative estimate of drug-likeness (QED) is 0.782. The molecular weight excluding hydrogens is 372 g/mol. The predicted molar refractivity (Wildman–Crippen MR) is 99.0 cm³/mol. The summed E-state index contributed by atoms with van der Waals surface area (Å²) < 4.78 is 1.01. The van der Waals surface area contributed by atoms with Gasteiger partial charge in [0.2, 0.25) is 0 Å². The zero-order chi connectivity index (χ0) is 16.2. The largest absolute Gasteiger partial charge is 0.337 e. The van der Waals surface area contributed by atoms with Crippen LogP contribution >= 0.6 is 27.3 Å². The van der Waals surface area contributed by atoms with Crippen molar-refractivity contribution in [3.05, 3.63) is 56.2 Å². The van der Waals surface area contributed by atoms with Crippen LogP contribution in [0, 0.1) is 6.92 Å². The summed E-state index contributed by atoms with van der Waals surface area (Å²) in [6, 6.07) is 10.6. The van der Waals surface area contributed by atoms with E-state index in [1.165, 1.54) is 11.1 Å². The maximum atomic E-state index is 12.6. The molecule has 0 spiro atoms. The molecule has 5 heteroatoms. The Labute approximate surface area is 150 Å². The number of hydrogen-bond acceptors (Lipinski definition) is 3. The van der Waals surface area contributed by atoms with Crippen LogP contribution < -0.4 is 0 Å². The van der Waals surface area contributed by atoms with E-state index in [4.69, 9.17) is 0 Å². The van der Waals surface area contributed by atoms with Crippen molar-refractivity contribution >= 4 is 33.2 Å². The van der Waals surface area contributed by atoms with Crippen molar-refractivity contribution in [1.82, 2.24) is 9.80 Å². The van der Waals surface area contributed by atoms with E-state index in [1.54, 1.807) is 11.3 Å². The van der Waals surface area contributed by atoms with E-state index in [0.717, 1.165) is 48.5 Å². The fraction of sp³-hybridized carbons (Fsp3) is 0.389. The zero-order valence-corrected chi connectivity index (χ0v) is 15.7. The number of rotatable bonds is 3. The number of halogens is 1. The SMILES string of the molecule is Cc1ccc(CN2CCCN(C(=O)c3csc(Br)c3)CC2)cc1. The number of nitrogens with zero attached hydrogens (tertiary/aromatic N) is 2.